The van der Waals surface area contributed by atoms with Crippen LogP contribution in [0.15, 0.2) is 18.2 Å². The van der Waals surface area contributed by atoms with Crippen molar-refractivity contribution in [3.63, 3.8) is 0 Å². The monoisotopic (exact) mass is 311 g/mol. The Morgan fingerprint density at radius 2 is 1.62 bits per heavy atom. The Balaban J connectivity index is 0.000000921. The molecule has 2 nitrogen and oxygen atoms in total. The molecule has 1 heterocycles. The van der Waals surface area contributed by atoms with Gasteiger partial charge in [0, 0.05) is 10.7 Å². The van der Waals surface area contributed by atoms with Crippen molar-refractivity contribution in [2.24, 2.45) is 5.41 Å². The molecule has 0 aromatic heterocycles. The Kier molecular flexibility index (Phi) is 7.84. The molecule has 4 heteroatoms. The summed E-state index contributed by atoms with van der Waals surface area (Å²) in [7, 11) is 0. The largest absolute Gasteiger partial charge is 0.425 e. The van der Waals surface area contributed by atoms with Gasteiger partial charge in [0.25, 0.3) is 0 Å². The average molecular weight is 312 g/mol. The van der Waals surface area contributed by atoms with Crippen LogP contribution in [-0.2, 0) is 4.65 Å². The third-order valence-corrected chi connectivity index (χ3v) is 4.39. The molecule has 2 N–H and O–H groups in total. The standard InChI is InChI=1S/C13H19BClNO.2C2H6/c1-12(2)8-14(17-13(12,3)4)10-7-9(15)5-6-11(10)16;2*1-2/h5-7H,8,16H2,1-4H3;2*1-2H3. The Morgan fingerprint density at radius 1 is 1.10 bits per heavy atom. The first-order valence-corrected chi connectivity index (χ1v) is 8.33. The number of halogens is 1. The van der Waals surface area contributed by atoms with E-state index in [2.05, 4.69) is 27.7 Å². The van der Waals surface area contributed by atoms with Gasteiger partial charge in [0.05, 0.1) is 5.60 Å². The van der Waals surface area contributed by atoms with E-state index in [1.54, 1.807) is 0 Å². The molecule has 1 aliphatic heterocycles. The molecule has 0 atom stereocenters. The number of benzene rings is 1. The summed E-state index contributed by atoms with van der Waals surface area (Å²) in [4.78, 5) is 0. The van der Waals surface area contributed by atoms with E-state index in [0.29, 0.717) is 5.02 Å². The maximum Gasteiger partial charge on any atom is 0.330 e. The van der Waals surface area contributed by atoms with Crippen molar-refractivity contribution in [3.8, 4) is 0 Å². The highest BCUT2D eigenvalue weighted by molar-refractivity contribution is 6.70. The summed E-state index contributed by atoms with van der Waals surface area (Å²) >= 11 is 6.03. The van der Waals surface area contributed by atoms with Gasteiger partial charge in [-0.1, -0.05) is 53.1 Å². The van der Waals surface area contributed by atoms with Crippen LogP contribution in [-0.4, -0.2) is 12.5 Å². The Labute approximate surface area is 136 Å². The smallest absolute Gasteiger partial charge is 0.330 e. The molecule has 2 rings (SSSR count). The predicted molar refractivity (Wildman–Crippen MR) is 97.7 cm³/mol. The number of anilines is 1. The lowest BCUT2D eigenvalue weighted by molar-refractivity contribution is 0.0375. The van der Waals surface area contributed by atoms with Crippen molar-refractivity contribution in [2.75, 3.05) is 5.73 Å². The molecule has 1 aromatic carbocycles. The van der Waals surface area contributed by atoms with E-state index in [-0.39, 0.29) is 17.9 Å². The topological polar surface area (TPSA) is 35.2 Å². The first-order chi connectivity index (χ1) is 9.73. The first-order valence-electron chi connectivity index (χ1n) is 7.96. The summed E-state index contributed by atoms with van der Waals surface area (Å²) in [5.41, 5.74) is 7.76. The minimum Gasteiger partial charge on any atom is -0.425 e. The van der Waals surface area contributed by atoms with Crippen molar-refractivity contribution in [1.29, 1.82) is 0 Å². The van der Waals surface area contributed by atoms with E-state index in [1.165, 1.54) is 0 Å². The normalized spacial score (nSPS) is 18.2. The van der Waals surface area contributed by atoms with E-state index in [1.807, 2.05) is 45.9 Å². The third-order valence-electron chi connectivity index (χ3n) is 4.16. The highest BCUT2D eigenvalue weighted by Crippen LogP contribution is 2.45. The predicted octanol–water partition coefficient (Wildman–Crippen LogP) is 5.01. The molecule has 21 heavy (non-hydrogen) atoms. The fraction of sp³-hybridized carbons (Fsp3) is 0.647. The second-order valence-electron chi connectivity index (χ2n) is 5.98. The highest BCUT2D eigenvalue weighted by atomic mass is 35.5. The maximum absolute atomic E-state index is 6.15. The lowest BCUT2D eigenvalue weighted by Crippen LogP contribution is -2.36. The molecular formula is C17H31BClNO. The van der Waals surface area contributed by atoms with Crippen LogP contribution >= 0.6 is 11.6 Å². The van der Waals surface area contributed by atoms with Crippen LogP contribution in [0.5, 0.6) is 0 Å². The number of hydrogen-bond acceptors (Lipinski definition) is 2. The second kappa shape index (κ2) is 8.10. The molecule has 0 saturated carbocycles. The number of nitrogens with two attached hydrogens (primary N) is 1. The molecule has 1 aliphatic rings. The molecule has 0 bridgehead atoms. The molecule has 1 saturated heterocycles. The summed E-state index contributed by atoms with van der Waals surface area (Å²) in [5.74, 6) is 0. The molecule has 0 radical (unpaired) electrons. The van der Waals surface area contributed by atoms with Crippen molar-refractivity contribution in [3.05, 3.63) is 23.2 Å². The zero-order valence-electron chi connectivity index (χ0n) is 14.9. The van der Waals surface area contributed by atoms with E-state index >= 15 is 0 Å². The van der Waals surface area contributed by atoms with Crippen LogP contribution in [0.4, 0.5) is 5.69 Å². The molecule has 120 valence electrons. The van der Waals surface area contributed by atoms with Crippen molar-refractivity contribution in [1.82, 2.24) is 0 Å². The quantitative estimate of drug-likeness (QED) is 0.584. The summed E-state index contributed by atoms with van der Waals surface area (Å²) < 4.78 is 6.15. The molecule has 0 spiro atoms. The van der Waals surface area contributed by atoms with E-state index in [4.69, 9.17) is 22.0 Å². The van der Waals surface area contributed by atoms with Crippen LogP contribution in [0.25, 0.3) is 0 Å². The lowest BCUT2D eigenvalue weighted by Gasteiger charge is -2.34. The molecule has 0 aliphatic carbocycles. The summed E-state index contributed by atoms with van der Waals surface area (Å²) in [6.07, 6.45) is 0.963. The minimum absolute atomic E-state index is 0.0405. The van der Waals surface area contributed by atoms with Crippen molar-refractivity contribution < 1.29 is 4.65 Å². The van der Waals surface area contributed by atoms with Crippen LogP contribution in [0.1, 0.15) is 55.4 Å². The SMILES string of the molecule is CC.CC.CC1(C)CB(c2cc(Cl)ccc2N)OC1(C)C. The van der Waals surface area contributed by atoms with Crippen LogP contribution in [0.2, 0.25) is 11.3 Å². The Bertz CT molecular complexity index is 430. The molecular weight excluding hydrogens is 280 g/mol. The number of rotatable bonds is 1. The summed E-state index contributed by atoms with van der Waals surface area (Å²) in [5, 5.41) is 0.709. The van der Waals surface area contributed by atoms with Gasteiger partial charge < -0.3 is 10.4 Å². The average Bonchev–Trinajstić information content (AvgIpc) is 2.66. The van der Waals surface area contributed by atoms with Gasteiger partial charge in [-0.05, 0) is 49.2 Å². The van der Waals surface area contributed by atoms with Crippen LogP contribution in [0.3, 0.4) is 0 Å². The maximum atomic E-state index is 6.15. The summed E-state index contributed by atoms with van der Waals surface area (Å²) in [6, 6.07) is 5.57. The van der Waals surface area contributed by atoms with Crippen molar-refractivity contribution in [2.45, 2.75) is 67.3 Å². The lowest BCUT2D eigenvalue weighted by atomic mass is 9.54. The zero-order chi connectivity index (χ0) is 16.8. The van der Waals surface area contributed by atoms with Gasteiger partial charge in [0.2, 0.25) is 0 Å². The van der Waals surface area contributed by atoms with E-state index in [0.717, 1.165) is 17.5 Å². The zero-order valence-corrected chi connectivity index (χ0v) is 15.6. The second-order valence-corrected chi connectivity index (χ2v) is 6.41. The summed E-state index contributed by atoms with van der Waals surface area (Å²) in [6.45, 7) is 16.8. The van der Waals surface area contributed by atoms with Gasteiger partial charge in [0.1, 0.15) is 0 Å². The first kappa shape index (κ1) is 20.3. The molecule has 1 aromatic rings. The third kappa shape index (κ3) is 4.65. The van der Waals surface area contributed by atoms with E-state index in [9.17, 15) is 0 Å². The molecule has 0 unspecified atom stereocenters. The van der Waals surface area contributed by atoms with Gasteiger partial charge in [-0.25, -0.2) is 0 Å². The number of hydrogen-bond donors (Lipinski definition) is 1. The van der Waals surface area contributed by atoms with Crippen LogP contribution in [0, 0.1) is 5.41 Å². The van der Waals surface area contributed by atoms with Gasteiger partial charge in [0.15, 0.2) is 0 Å². The van der Waals surface area contributed by atoms with Gasteiger partial charge in [-0.15, -0.1) is 0 Å². The Hall–Kier alpha value is -0.665. The van der Waals surface area contributed by atoms with Gasteiger partial charge in [-0.2, -0.15) is 0 Å². The highest BCUT2D eigenvalue weighted by Gasteiger charge is 2.50. The van der Waals surface area contributed by atoms with Gasteiger partial charge >= 0.3 is 6.92 Å². The van der Waals surface area contributed by atoms with Crippen molar-refractivity contribution >= 4 is 29.7 Å². The minimum atomic E-state index is -0.146. The molecule has 0 amide bonds. The van der Waals surface area contributed by atoms with E-state index < -0.39 is 0 Å². The Morgan fingerprint density at radius 3 is 2.05 bits per heavy atom. The van der Waals surface area contributed by atoms with Gasteiger partial charge in [-0.3, -0.25) is 0 Å². The fourth-order valence-corrected chi connectivity index (χ4v) is 2.44. The molecule has 1 fully saturated rings. The fourth-order valence-electron chi connectivity index (χ4n) is 2.26. The number of nitrogen functional groups attached to an aromatic ring is 1. The van der Waals surface area contributed by atoms with Crippen LogP contribution < -0.4 is 11.2 Å².